The monoisotopic (exact) mass is 197 g/mol. The first kappa shape index (κ1) is 13.2. The molecule has 82 valence electrons. The van der Waals surface area contributed by atoms with Crippen molar-refractivity contribution in [3.05, 3.63) is 24.0 Å². The molecule has 0 fully saturated rings. The minimum atomic E-state index is 0.0699. The Labute approximate surface area is 87.7 Å². The summed E-state index contributed by atoms with van der Waals surface area (Å²) in [5.74, 6) is 0.130. The molecular weight excluding hydrogens is 174 g/mol. The van der Waals surface area contributed by atoms with E-state index in [4.69, 9.17) is 5.11 Å². The van der Waals surface area contributed by atoms with Gasteiger partial charge in [-0.15, -0.1) is 0 Å². The number of rotatable bonds is 5. The minimum absolute atomic E-state index is 0.0699. The molecule has 0 aliphatic carbocycles. The van der Waals surface area contributed by atoms with Gasteiger partial charge < -0.3 is 10.4 Å². The van der Waals surface area contributed by atoms with E-state index in [2.05, 4.69) is 32.7 Å². The van der Waals surface area contributed by atoms with E-state index in [0.29, 0.717) is 6.04 Å². The fourth-order valence-electron chi connectivity index (χ4n) is 1.66. The van der Waals surface area contributed by atoms with E-state index in [0.717, 1.165) is 12.0 Å². The summed E-state index contributed by atoms with van der Waals surface area (Å²) >= 11 is 0. The molecule has 0 aliphatic rings. The molecule has 0 spiro atoms. The molecule has 0 radical (unpaired) electrons. The van der Waals surface area contributed by atoms with Crippen LogP contribution in [0, 0.1) is 5.41 Å². The molecule has 2 atom stereocenters. The van der Waals surface area contributed by atoms with Crippen molar-refractivity contribution in [3.63, 3.8) is 0 Å². The third kappa shape index (κ3) is 2.88. The largest absolute Gasteiger partial charge is 0.509 e. The molecule has 2 N–H and O–H groups in total. The van der Waals surface area contributed by atoms with Crippen molar-refractivity contribution < 1.29 is 5.11 Å². The molecule has 2 heteroatoms. The van der Waals surface area contributed by atoms with Gasteiger partial charge in [-0.2, -0.15) is 0 Å². The van der Waals surface area contributed by atoms with Crippen molar-refractivity contribution in [1.29, 1.82) is 0 Å². The molecule has 0 amide bonds. The van der Waals surface area contributed by atoms with Crippen LogP contribution < -0.4 is 5.32 Å². The molecule has 2 nitrogen and oxygen atoms in total. The van der Waals surface area contributed by atoms with Crippen LogP contribution >= 0.6 is 0 Å². The van der Waals surface area contributed by atoms with Gasteiger partial charge in [0, 0.05) is 11.5 Å². The Morgan fingerprint density at radius 2 is 2.14 bits per heavy atom. The predicted molar refractivity (Wildman–Crippen MR) is 62.4 cm³/mol. The Balaban J connectivity index is 4.94. The summed E-state index contributed by atoms with van der Waals surface area (Å²) < 4.78 is 0. The summed E-state index contributed by atoms with van der Waals surface area (Å²) in [6, 6.07) is 0.378. The number of hydrogen-bond donors (Lipinski definition) is 2. The van der Waals surface area contributed by atoms with Crippen molar-refractivity contribution in [2.75, 3.05) is 7.05 Å². The molecule has 0 bridgehead atoms. The number of allylic oxidation sites excluding steroid dienone is 1. The maximum atomic E-state index is 9.14. The Hall–Kier alpha value is -0.760. The van der Waals surface area contributed by atoms with Crippen LogP contribution in [0.2, 0.25) is 0 Å². The second-order valence-corrected chi connectivity index (χ2v) is 4.10. The lowest BCUT2D eigenvalue weighted by Crippen LogP contribution is -2.40. The lowest BCUT2D eigenvalue weighted by Gasteiger charge is -2.36. The van der Waals surface area contributed by atoms with Crippen molar-refractivity contribution >= 4 is 0 Å². The van der Waals surface area contributed by atoms with E-state index < -0.39 is 0 Å². The number of aliphatic hydroxyl groups is 1. The Morgan fingerprint density at radius 1 is 1.64 bits per heavy atom. The summed E-state index contributed by atoms with van der Waals surface area (Å²) in [7, 11) is 1.96. The lowest BCUT2D eigenvalue weighted by molar-refractivity contribution is 0.281. The van der Waals surface area contributed by atoms with Crippen molar-refractivity contribution in [3.8, 4) is 0 Å². The third-order valence-electron chi connectivity index (χ3n) is 3.41. The first-order chi connectivity index (χ1) is 6.38. The van der Waals surface area contributed by atoms with E-state index >= 15 is 0 Å². The SMILES string of the molecule is C=C(O)/C=C(\C)C(C)(CC)C(C)NC. The first-order valence-corrected chi connectivity index (χ1v) is 5.12. The molecule has 0 saturated carbocycles. The molecule has 0 aromatic carbocycles. The molecule has 0 aliphatic heterocycles. The molecule has 0 aromatic rings. The number of hydrogen-bond acceptors (Lipinski definition) is 2. The molecule has 0 heterocycles. The first-order valence-electron chi connectivity index (χ1n) is 5.12. The average molecular weight is 197 g/mol. The second-order valence-electron chi connectivity index (χ2n) is 4.10. The van der Waals surface area contributed by atoms with Gasteiger partial charge in [0.15, 0.2) is 0 Å². The Bertz CT molecular complexity index is 232. The zero-order valence-corrected chi connectivity index (χ0v) is 10.0. The van der Waals surface area contributed by atoms with Crippen molar-refractivity contribution in [2.24, 2.45) is 5.41 Å². The van der Waals surface area contributed by atoms with Gasteiger partial charge in [0.25, 0.3) is 0 Å². The summed E-state index contributed by atoms with van der Waals surface area (Å²) in [5.41, 5.74) is 1.23. The topological polar surface area (TPSA) is 32.3 Å². The van der Waals surface area contributed by atoms with Gasteiger partial charge >= 0.3 is 0 Å². The van der Waals surface area contributed by atoms with Gasteiger partial charge in [0.1, 0.15) is 5.76 Å². The van der Waals surface area contributed by atoms with Crippen LogP contribution in [0.15, 0.2) is 24.0 Å². The van der Waals surface area contributed by atoms with Gasteiger partial charge in [-0.25, -0.2) is 0 Å². The highest BCUT2D eigenvalue weighted by atomic mass is 16.3. The highest BCUT2D eigenvalue weighted by Crippen LogP contribution is 2.34. The zero-order valence-electron chi connectivity index (χ0n) is 10.0. The number of nitrogens with one attached hydrogen (secondary N) is 1. The summed E-state index contributed by atoms with van der Waals surface area (Å²) in [4.78, 5) is 0. The fourth-order valence-corrected chi connectivity index (χ4v) is 1.66. The average Bonchev–Trinajstić information content (AvgIpc) is 2.14. The number of aliphatic hydroxyl groups excluding tert-OH is 1. The van der Waals surface area contributed by atoms with Crippen LogP contribution in [-0.2, 0) is 0 Å². The Morgan fingerprint density at radius 3 is 2.43 bits per heavy atom. The summed E-state index contributed by atoms with van der Waals surface area (Å²) in [5, 5.41) is 12.4. The smallest absolute Gasteiger partial charge is 0.108 e. The van der Waals surface area contributed by atoms with Crippen LogP contribution in [0.4, 0.5) is 0 Å². The molecule has 0 saturated heterocycles. The zero-order chi connectivity index (χ0) is 11.4. The van der Waals surface area contributed by atoms with Crippen LogP contribution in [0.3, 0.4) is 0 Å². The van der Waals surface area contributed by atoms with Gasteiger partial charge in [0.2, 0.25) is 0 Å². The van der Waals surface area contributed by atoms with Gasteiger partial charge in [-0.1, -0.05) is 26.0 Å². The normalized spacial score (nSPS) is 18.8. The molecular formula is C12H23NO. The lowest BCUT2D eigenvalue weighted by atomic mass is 9.74. The Kier molecular flexibility index (Phi) is 4.92. The van der Waals surface area contributed by atoms with E-state index in [1.54, 1.807) is 6.08 Å². The maximum absolute atomic E-state index is 9.14. The van der Waals surface area contributed by atoms with Gasteiger partial charge in [-0.05, 0) is 33.4 Å². The van der Waals surface area contributed by atoms with Gasteiger partial charge in [-0.3, -0.25) is 0 Å². The van der Waals surface area contributed by atoms with Crippen LogP contribution in [0.1, 0.15) is 34.1 Å². The van der Waals surface area contributed by atoms with Crippen LogP contribution in [0.25, 0.3) is 0 Å². The van der Waals surface area contributed by atoms with Crippen molar-refractivity contribution in [2.45, 2.75) is 40.2 Å². The predicted octanol–water partition coefficient (Wildman–Crippen LogP) is 3.03. The molecule has 2 unspecified atom stereocenters. The van der Waals surface area contributed by atoms with E-state index in [1.807, 2.05) is 14.0 Å². The van der Waals surface area contributed by atoms with Crippen LogP contribution in [0.5, 0.6) is 0 Å². The quantitative estimate of drug-likeness (QED) is 0.524. The second kappa shape index (κ2) is 5.20. The van der Waals surface area contributed by atoms with Gasteiger partial charge in [0.05, 0.1) is 0 Å². The molecule has 0 rings (SSSR count). The summed E-state index contributed by atoms with van der Waals surface area (Å²) in [6.45, 7) is 12.0. The van der Waals surface area contributed by atoms with Crippen molar-refractivity contribution in [1.82, 2.24) is 5.32 Å². The summed E-state index contributed by atoms with van der Waals surface area (Å²) in [6.07, 6.45) is 2.78. The van der Waals surface area contributed by atoms with E-state index in [9.17, 15) is 0 Å². The van der Waals surface area contributed by atoms with E-state index in [-0.39, 0.29) is 11.2 Å². The molecule has 0 aromatic heterocycles. The maximum Gasteiger partial charge on any atom is 0.108 e. The standard InChI is InChI=1S/C12H23NO/c1-7-12(5,11(4)13-6)9(2)8-10(3)14/h8,11,13-14H,3,7H2,1-2,4-6H3/b9-8+. The third-order valence-corrected chi connectivity index (χ3v) is 3.41. The van der Waals surface area contributed by atoms with E-state index in [1.165, 1.54) is 0 Å². The molecule has 14 heavy (non-hydrogen) atoms. The minimum Gasteiger partial charge on any atom is -0.509 e. The highest BCUT2D eigenvalue weighted by Gasteiger charge is 2.29. The van der Waals surface area contributed by atoms with Crippen LogP contribution in [-0.4, -0.2) is 18.2 Å². The highest BCUT2D eigenvalue weighted by molar-refractivity contribution is 5.21. The fraction of sp³-hybridized carbons (Fsp3) is 0.667.